The maximum absolute atomic E-state index is 7.15. The van der Waals surface area contributed by atoms with Crippen LogP contribution in [-0.4, -0.2) is 0 Å². The third-order valence-corrected chi connectivity index (χ3v) is 0.951. The predicted octanol–water partition coefficient (Wildman–Crippen LogP) is 3.08. The van der Waals surface area contributed by atoms with E-state index in [9.17, 15) is 0 Å². The van der Waals surface area contributed by atoms with Crippen molar-refractivity contribution in [3.8, 4) is 0 Å². The molecule has 0 aromatic rings. The van der Waals surface area contributed by atoms with E-state index < -0.39 is 0 Å². The molecule has 0 radical (unpaired) electrons. The highest BCUT2D eigenvalue weighted by Gasteiger charge is 1.84. The molecule has 0 saturated heterocycles. The summed E-state index contributed by atoms with van der Waals surface area (Å²) in [6, 6.07) is 0.634. The number of allylic oxidation sites excluding steroid dienone is 6. The standard InChI is InChI=1S/C7H8.C2H6/c1-2-7-5-3-4-6-7;1-2/h2-6H,1H3;1-2H3/i2T;. The molecule has 1 aliphatic carbocycles. The molecule has 9 heavy (non-hydrogen) atoms. The van der Waals surface area contributed by atoms with Gasteiger partial charge in [0.1, 0.15) is 0 Å². The first kappa shape index (κ1) is 6.34. The topological polar surface area (TPSA) is 0 Å². The van der Waals surface area contributed by atoms with Gasteiger partial charge in [0, 0.05) is 0 Å². The van der Waals surface area contributed by atoms with Crippen molar-refractivity contribution in [2.45, 2.75) is 20.8 Å². The van der Waals surface area contributed by atoms with E-state index in [1.165, 1.54) is 0 Å². The van der Waals surface area contributed by atoms with Gasteiger partial charge < -0.3 is 0 Å². The van der Waals surface area contributed by atoms with Crippen LogP contribution < -0.4 is 0 Å². The lowest BCUT2D eigenvalue weighted by Crippen LogP contribution is -1.57. The Morgan fingerprint density at radius 1 is 1.33 bits per heavy atom. The Balaban J connectivity index is 0.000000371. The van der Waals surface area contributed by atoms with Crippen LogP contribution in [-0.2, 0) is 0 Å². The summed E-state index contributed by atoms with van der Waals surface area (Å²) >= 11 is 0. The Bertz CT molecular complexity index is 155. The number of hydrogen-bond donors (Lipinski definition) is 0. The zero-order valence-corrected chi connectivity index (χ0v) is 6.31. The average Bonchev–Trinajstić information content (AvgIpc) is 2.42. The molecule has 0 aliphatic heterocycles. The van der Waals surface area contributed by atoms with Gasteiger partial charge in [-0.2, -0.15) is 0 Å². The molecule has 1 rings (SSSR count). The zero-order chi connectivity index (χ0) is 7.98. The Hall–Kier alpha value is -0.780. The lowest BCUT2D eigenvalue weighted by molar-refractivity contribution is 1.50. The van der Waals surface area contributed by atoms with Crippen LogP contribution in [0.3, 0.4) is 0 Å². The van der Waals surface area contributed by atoms with Crippen molar-refractivity contribution in [3.63, 3.8) is 0 Å². The minimum absolute atomic E-state index is 0.634. The van der Waals surface area contributed by atoms with Crippen molar-refractivity contribution >= 4 is 0 Å². The van der Waals surface area contributed by atoms with Gasteiger partial charge in [-0.1, -0.05) is 44.2 Å². The quantitative estimate of drug-likeness (QED) is 0.465. The second-order valence-electron chi connectivity index (χ2n) is 1.42. The summed E-state index contributed by atoms with van der Waals surface area (Å²) in [4.78, 5) is 0. The van der Waals surface area contributed by atoms with Gasteiger partial charge >= 0.3 is 0 Å². The van der Waals surface area contributed by atoms with Gasteiger partial charge in [0.15, 0.2) is 0 Å². The van der Waals surface area contributed by atoms with Gasteiger partial charge in [0.05, 0.1) is 1.37 Å². The maximum atomic E-state index is 7.15. The minimum atomic E-state index is 0.634. The summed E-state index contributed by atoms with van der Waals surface area (Å²) in [5, 5.41) is 0. The van der Waals surface area contributed by atoms with Gasteiger partial charge in [-0.05, 0) is 12.5 Å². The summed E-state index contributed by atoms with van der Waals surface area (Å²) in [5.74, 6) is 0. The summed E-state index contributed by atoms with van der Waals surface area (Å²) in [6.45, 7) is 5.79. The van der Waals surface area contributed by atoms with E-state index in [1.54, 1.807) is 6.92 Å². The SMILES string of the molecule is CC.[3H]C(C)=C1C=CC=C1. The fourth-order valence-electron chi connectivity index (χ4n) is 0.541. The van der Waals surface area contributed by atoms with Gasteiger partial charge in [-0.25, -0.2) is 0 Å². The largest absolute Gasteiger partial charge is 0.0804 e. The molecule has 0 N–H and O–H groups in total. The van der Waals surface area contributed by atoms with E-state index in [-0.39, 0.29) is 0 Å². The molecule has 0 spiro atoms. The highest BCUT2D eigenvalue weighted by Crippen LogP contribution is 2.04. The lowest BCUT2D eigenvalue weighted by atomic mass is 10.3. The molecule has 1 aliphatic rings. The highest BCUT2D eigenvalue weighted by molar-refractivity contribution is 5.39. The zero-order valence-electron chi connectivity index (χ0n) is 7.31. The smallest absolute Gasteiger partial charge is 0.0579 e. The molecule has 0 saturated carbocycles. The molecule has 50 valence electrons. The van der Waals surface area contributed by atoms with Crippen LogP contribution >= 0.6 is 0 Å². The van der Waals surface area contributed by atoms with Crippen LogP contribution in [0.15, 0.2) is 35.9 Å². The predicted molar refractivity (Wildman–Crippen MR) is 43.4 cm³/mol. The van der Waals surface area contributed by atoms with Crippen molar-refractivity contribution in [1.82, 2.24) is 0 Å². The molecule has 0 bridgehead atoms. The minimum Gasteiger partial charge on any atom is -0.0804 e. The highest BCUT2D eigenvalue weighted by atomic mass is 13.9. The number of hydrogen-bond acceptors (Lipinski definition) is 0. The molecular formula is C9H14. The van der Waals surface area contributed by atoms with Gasteiger partial charge in [0.2, 0.25) is 0 Å². The molecule has 0 heteroatoms. The molecule has 0 unspecified atom stereocenters. The van der Waals surface area contributed by atoms with Crippen LogP contribution in [0.1, 0.15) is 22.1 Å². The summed E-state index contributed by atoms with van der Waals surface area (Å²) in [5.41, 5.74) is 1.02. The molecule has 0 nitrogen and oxygen atoms in total. The summed E-state index contributed by atoms with van der Waals surface area (Å²) < 4.78 is 7.15. The van der Waals surface area contributed by atoms with Gasteiger partial charge in [-0.3, -0.25) is 0 Å². The second-order valence-corrected chi connectivity index (χ2v) is 1.42. The van der Waals surface area contributed by atoms with E-state index in [0.717, 1.165) is 5.57 Å². The average molecular weight is 124 g/mol. The first-order valence-corrected chi connectivity index (χ1v) is 3.33. The van der Waals surface area contributed by atoms with Crippen LogP contribution in [0, 0.1) is 0 Å². The lowest BCUT2D eigenvalue weighted by Gasteiger charge is -1.78. The fourth-order valence-corrected chi connectivity index (χ4v) is 0.541. The van der Waals surface area contributed by atoms with E-state index in [0.29, 0.717) is 6.05 Å². The van der Waals surface area contributed by atoms with Crippen molar-refractivity contribution in [2.24, 2.45) is 0 Å². The molecule has 0 fully saturated rings. The van der Waals surface area contributed by atoms with Crippen molar-refractivity contribution in [1.29, 1.82) is 0 Å². The molecule has 0 aromatic carbocycles. The maximum Gasteiger partial charge on any atom is 0.0579 e. The van der Waals surface area contributed by atoms with E-state index in [4.69, 9.17) is 1.37 Å². The van der Waals surface area contributed by atoms with Gasteiger partial charge in [-0.15, -0.1) is 0 Å². The molecule has 0 amide bonds. The summed E-state index contributed by atoms with van der Waals surface area (Å²) in [6.07, 6.45) is 7.74. The van der Waals surface area contributed by atoms with E-state index >= 15 is 0 Å². The monoisotopic (exact) mass is 124 g/mol. The third kappa shape index (κ3) is 2.91. The van der Waals surface area contributed by atoms with Gasteiger partial charge in [0.25, 0.3) is 0 Å². The first-order chi connectivity index (χ1) is 4.80. The Kier molecular flexibility index (Phi) is 3.78. The summed E-state index contributed by atoms with van der Waals surface area (Å²) in [7, 11) is 0. The third-order valence-electron chi connectivity index (χ3n) is 0.951. The molecule has 0 atom stereocenters. The van der Waals surface area contributed by atoms with Crippen LogP contribution in [0.25, 0.3) is 0 Å². The Labute approximate surface area is 59.0 Å². The number of rotatable bonds is 0. The molecule has 0 heterocycles. The van der Waals surface area contributed by atoms with Crippen LogP contribution in [0.5, 0.6) is 0 Å². The normalized spacial score (nSPS) is 14.6. The first-order valence-electron chi connectivity index (χ1n) is 3.83. The second kappa shape index (κ2) is 5.36. The Morgan fingerprint density at radius 2 is 1.78 bits per heavy atom. The van der Waals surface area contributed by atoms with Crippen LogP contribution in [0.4, 0.5) is 0 Å². The van der Waals surface area contributed by atoms with Crippen molar-refractivity contribution in [3.05, 3.63) is 35.9 Å². The molecular weight excluding hydrogens is 108 g/mol. The fraction of sp³-hybridized carbons (Fsp3) is 0.333. The van der Waals surface area contributed by atoms with Crippen molar-refractivity contribution in [2.75, 3.05) is 0 Å². The van der Waals surface area contributed by atoms with Crippen molar-refractivity contribution < 1.29 is 1.37 Å². The Morgan fingerprint density at radius 3 is 2.00 bits per heavy atom. The van der Waals surface area contributed by atoms with Crippen LogP contribution in [0.2, 0.25) is 0 Å². The molecule has 0 aromatic heterocycles. The van der Waals surface area contributed by atoms with E-state index in [2.05, 4.69) is 0 Å². The van der Waals surface area contributed by atoms with E-state index in [1.807, 2.05) is 38.2 Å².